The first-order valence-corrected chi connectivity index (χ1v) is 8.40. The Bertz CT molecular complexity index is 997. The molecule has 1 atom stereocenters. The highest BCUT2D eigenvalue weighted by molar-refractivity contribution is 6.41. The molecule has 5 nitrogen and oxygen atoms in total. The Morgan fingerprint density at radius 1 is 1.19 bits per heavy atom. The molecule has 1 saturated carbocycles. The molecule has 1 heterocycles. The van der Waals surface area contributed by atoms with E-state index < -0.39 is 11.5 Å². The minimum Gasteiger partial charge on any atom is -0.507 e. The van der Waals surface area contributed by atoms with Crippen LogP contribution in [0, 0.1) is 23.1 Å². The molecule has 1 fully saturated rings. The second kappa shape index (κ2) is 5.67. The van der Waals surface area contributed by atoms with Crippen molar-refractivity contribution in [3.63, 3.8) is 0 Å². The van der Waals surface area contributed by atoms with Gasteiger partial charge in [0.25, 0.3) is 0 Å². The van der Waals surface area contributed by atoms with Gasteiger partial charge < -0.3 is 10.8 Å². The zero-order valence-electron chi connectivity index (χ0n) is 14.2. The molecule has 130 valence electrons. The third-order valence-corrected chi connectivity index (χ3v) is 4.95. The molecule has 4 rings (SSSR count). The highest BCUT2D eigenvalue weighted by Crippen LogP contribution is 2.52. The number of rotatable bonds is 3. The highest BCUT2D eigenvalue weighted by atomic mass is 19.1. The average molecular weight is 348 g/mol. The number of nitrogens with zero attached hydrogens (tertiary/aromatic N) is 3. The lowest BCUT2D eigenvalue weighted by Crippen LogP contribution is -2.23. The van der Waals surface area contributed by atoms with Gasteiger partial charge in [0.1, 0.15) is 17.4 Å². The van der Waals surface area contributed by atoms with Crippen LogP contribution in [0.15, 0.2) is 46.4 Å². The average Bonchev–Trinajstić information content (AvgIpc) is 3.43. The van der Waals surface area contributed by atoms with Crippen LogP contribution in [-0.4, -0.2) is 16.7 Å². The number of halogens is 1. The summed E-state index contributed by atoms with van der Waals surface area (Å²) in [5.41, 5.74) is 7.41. The SMILES string of the molecule is CC1=NC(c2ccc(O)c(-c3cc(C#N)ccc3F)c2)(C2CC2)N=C1N. The molecule has 0 spiro atoms. The summed E-state index contributed by atoms with van der Waals surface area (Å²) < 4.78 is 14.4. The molecule has 1 aliphatic carbocycles. The highest BCUT2D eigenvalue weighted by Gasteiger charge is 2.49. The van der Waals surface area contributed by atoms with Crippen molar-refractivity contribution in [3.8, 4) is 22.9 Å². The van der Waals surface area contributed by atoms with Gasteiger partial charge in [-0.05, 0) is 50.1 Å². The molecule has 0 saturated heterocycles. The van der Waals surface area contributed by atoms with Crippen molar-refractivity contribution in [3.05, 3.63) is 53.3 Å². The Hall–Kier alpha value is -3.20. The summed E-state index contributed by atoms with van der Waals surface area (Å²) in [6.45, 7) is 1.82. The lowest BCUT2D eigenvalue weighted by Gasteiger charge is -2.24. The molecule has 6 heteroatoms. The number of aliphatic imine (C=N–C) groups is 2. The minimum absolute atomic E-state index is 0.0654. The second-order valence-corrected chi connectivity index (χ2v) is 6.73. The van der Waals surface area contributed by atoms with Crippen LogP contribution in [0.4, 0.5) is 4.39 Å². The zero-order valence-corrected chi connectivity index (χ0v) is 14.2. The van der Waals surface area contributed by atoms with Crippen molar-refractivity contribution in [1.82, 2.24) is 0 Å². The summed E-state index contributed by atoms with van der Waals surface area (Å²) in [7, 11) is 0. The summed E-state index contributed by atoms with van der Waals surface area (Å²) in [6.07, 6.45) is 1.98. The van der Waals surface area contributed by atoms with Gasteiger partial charge in [0.15, 0.2) is 5.66 Å². The number of phenols is 1. The molecule has 2 aromatic rings. The molecular weight excluding hydrogens is 331 g/mol. The van der Waals surface area contributed by atoms with E-state index in [4.69, 9.17) is 16.0 Å². The Labute approximate surface area is 150 Å². The fourth-order valence-electron chi connectivity index (χ4n) is 3.42. The molecule has 2 aliphatic rings. The summed E-state index contributed by atoms with van der Waals surface area (Å²) in [5, 5.41) is 19.4. The van der Waals surface area contributed by atoms with Gasteiger partial charge in [-0.15, -0.1) is 0 Å². The Kier molecular flexibility index (Phi) is 3.55. The Morgan fingerprint density at radius 3 is 2.58 bits per heavy atom. The van der Waals surface area contributed by atoms with Crippen molar-refractivity contribution in [1.29, 1.82) is 5.26 Å². The van der Waals surface area contributed by atoms with Crippen LogP contribution in [0.3, 0.4) is 0 Å². The first-order chi connectivity index (χ1) is 12.4. The summed E-state index contributed by atoms with van der Waals surface area (Å²) in [5.74, 6) is 0.0748. The maximum absolute atomic E-state index is 14.4. The zero-order chi connectivity index (χ0) is 18.5. The van der Waals surface area contributed by atoms with Gasteiger partial charge in [0, 0.05) is 22.6 Å². The predicted octanol–water partition coefficient (Wildman–Crippen LogP) is 3.46. The van der Waals surface area contributed by atoms with Gasteiger partial charge in [0.2, 0.25) is 0 Å². The first-order valence-electron chi connectivity index (χ1n) is 8.40. The minimum atomic E-state index is -0.806. The predicted molar refractivity (Wildman–Crippen MR) is 97.3 cm³/mol. The Balaban J connectivity index is 1.90. The molecule has 1 unspecified atom stereocenters. The maximum Gasteiger partial charge on any atom is 0.181 e. The number of hydrogen-bond donors (Lipinski definition) is 2. The molecule has 3 N–H and O–H groups in total. The van der Waals surface area contributed by atoms with E-state index in [2.05, 4.69) is 4.99 Å². The summed E-state index contributed by atoms with van der Waals surface area (Å²) in [6, 6.07) is 11.0. The van der Waals surface area contributed by atoms with Gasteiger partial charge in [-0.1, -0.05) is 6.07 Å². The number of benzene rings is 2. The molecule has 0 radical (unpaired) electrons. The van der Waals surface area contributed by atoms with Crippen LogP contribution in [-0.2, 0) is 5.66 Å². The van der Waals surface area contributed by atoms with Crippen LogP contribution in [0.2, 0.25) is 0 Å². The van der Waals surface area contributed by atoms with E-state index >= 15 is 0 Å². The number of amidine groups is 1. The van der Waals surface area contributed by atoms with Gasteiger partial charge in [0.05, 0.1) is 17.3 Å². The molecular formula is C20H17FN4O. The fraction of sp³-hybridized carbons (Fsp3) is 0.250. The van der Waals surface area contributed by atoms with Gasteiger partial charge in [-0.3, -0.25) is 4.99 Å². The van der Waals surface area contributed by atoms with Crippen LogP contribution in [0.5, 0.6) is 5.75 Å². The topological polar surface area (TPSA) is 94.8 Å². The van der Waals surface area contributed by atoms with Crippen molar-refractivity contribution < 1.29 is 9.50 Å². The van der Waals surface area contributed by atoms with Crippen LogP contribution in [0.1, 0.15) is 30.9 Å². The van der Waals surface area contributed by atoms with Crippen LogP contribution < -0.4 is 5.73 Å². The standard InChI is InChI=1S/C20H17FN4O/c1-11-19(23)25-20(24-11,13-3-4-13)14-5-7-18(26)16(9-14)15-8-12(10-22)2-6-17(15)21/h2,5-9,13,26H,3-4H2,1H3,(H2,23,25). The third kappa shape index (κ3) is 2.44. The first kappa shape index (κ1) is 16.3. The third-order valence-electron chi connectivity index (χ3n) is 4.95. The lowest BCUT2D eigenvalue weighted by atomic mass is 9.91. The molecule has 0 aromatic heterocycles. The van der Waals surface area contributed by atoms with E-state index in [1.807, 2.05) is 13.0 Å². The monoisotopic (exact) mass is 348 g/mol. The van der Waals surface area contributed by atoms with Gasteiger partial charge >= 0.3 is 0 Å². The smallest absolute Gasteiger partial charge is 0.181 e. The van der Waals surface area contributed by atoms with Crippen molar-refractivity contribution >= 4 is 11.5 Å². The maximum atomic E-state index is 14.4. The molecule has 2 aromatic carbocycles. The second-order valence-electron chi connectivity index (χ2n) is 6.73. The van der Waals surface area contributed by atoms with Crippen molar-refractivity contribution in [2.45, 2.75) is 25.4 Å². The summed E-state index contributed by atoms with van der Waals surface area (Å²) >= 11 is 0. The number of hydrogen-bond acceptors (Lipinski definition) is 5. The molecule has 26 heavy (non-hydrogen) atoms. The van der Waals surface area contributed by atoms with Gasteiger partial charge in [-0.2, -0.15) is 5.26 Å². The van der Waals surface area contributed by atoms with E-state index in [9.17, 15) is 9.50 Å². The number of aromatic hydroxyl groups is 1. The largest absolute Gasteiger partial charge is 0.507 e. The molecule has 0 amide bonds. The van der Waals surface area contributed by atoms with Crippen LogP contribution >= 0.6 is 0 Å². The van der Waals surface area contributed by atoms with E-state index in [-0.39, 0.29) is 17.2 Å². The van der Waals surface area contributed by atoms with Crippen molar-refractivity contribution in [2.24, 2.45) is 21.6 Å². The molecule has 0 bridgehead atoms. The fourth-order valence-corrected chi connectivity index (χ4v) is 3.42. The lowest BCUT2D eigenvalue weighted by molar-refractivity contribution is 0.415. The number of phenolic OH excluding ortho intramolecular Hbond substituents is 1. The quantitative estimate of drug-likeness (QED) is 0.889. The van der Waals surface area contributed by atoms with E-state index in [0.717, 1.165) is 18.4 Å². The molecule has 1 aliphatic heterocycles. The number of nitriles is 1. The summed E-state index contributed by atoms with van der Waals surface area (Å²) in [4.78, 5) is 9.33. The van der Waals surface area contributed by atoms with E-state index in [1.165, 1.54) is 24.3 Å². The van der Waals surface area contributed by atoms with Crippen molar-refractivity contribution in [2.75, 3.05) is 0 Å². The Morgan fingerprint density at radius 2 is 1.96 bits per heavy atom. The van der Waals surface area contributed by atoms with E-state index in [0.29, 0.717) is 22.7 Å². The van der Waals surface area contributed by atoms with Crippen LogP contribution in [0.25, 0.3) is 11.1 Å². The van der Waals surface area contributed by atoms with E-state index in [1.54, 1.807) is 12.1 Å². The number of nitrogens with two attached hydrogens (primary N) is 1. The normalized spacial score (nSPS) is 21.9. The van der Waals surface area contributed by atoms with Gasteiger partial charge in [-0.25, -0.2) is 9.38 Å².